The van der Waals surface area contributed by atoms with E-state index in [2.05, 4.69) is 21.8 Å². The zero-order valence-electron chi connectivity index (χ0n) is 15.0. The van der Waals surface area contributed by atoms with Gasteiger partial charge >= 0.3 is 0 Å². The lowest BCUT2D eigenvalue weighted by molar-refractivity contribution is 0.631. The summed E-state index contributed by atoms with van der Waals surface area (Å²) in [7, 11) is 0. The Kier molecular flexibility index (Phi) is 4.37. The Balaban J connectivity index is 1.92. The van der Waals surface area contributed by atoms with E-state index in [0.717, 1.165) is 42.1 Å². The Morgan fingerprint density at radius 3 is 2.58 bits per heavy atom. The van der Waals surface area contributed by atoms with Gasteiger partial charge < -0.3 is 4.90 Å². The SMILES string of the molecule is Cc1nc(-c2ncccn2)cc(N2CCC(C)C2)c1-c1ccccc1F. The maximum Gasteiger partial charge on any atom is 0.178 e. The van der Waals surface area contributed by atoms with Gasteiger partial charge in [0, 0.05) is 48.0 Å². The number of halogens is 1. The van der Waals surface area contributed by atoms with Crippen molar-refractivity contribution in [3.05, 3.63) is 60.3 Å². The Labute approximate surface area is 152 Å². The molecule has 0 aliphatic carbocycles. The third-order valence-corrected chi connectivity index (χ3v) is 4.88. The van der Waals surface area contributed by atoms with Gasteiger partial charge in [0.2, 0.25) is 0 Å². The number of aromatic nitrogens is 3. The lowest BCUT2D eigenvalue weighted by Crippen LogP contribution is -2.21. The predicted molar refractivity (Wildman–Crippen MR) is 101 cm³/mol. The van der Waals surface area contributed by atoms with E-state index in [9.17, 15) is 4.39 Å². The first-order chi connectivity index (χ1) is 12.6. The molecule has 4 rings (SSSR count). The molecule has 1 aliphatic heterocycles. The van der Waals surface area contributed by atoms with Gasteiger partial charge in [0.05, 0.1) is 0 Å². The van der Waals surface area contributed by atoms with Gasteiger partial charge in [0.15, 0.2) is 5.82 Å². The number of aryl methyl sites for hydroxylation is 1. The van der Waals surface area contributed by atoms with Crippen molar-refractivity contribution in [2.45, 2.75) is 20.3 Å². The molecule has 2 aromatic heterocycles. The molecule has 1 saturated heterocycles. The number of benzene rings is 1. The van der Waals surface area contributed by atoms with Crippen LogP contribution in [0.2, 0.25) is 0 Å². The van der Waals surface area contributed by atoms with Crippen LogP contribution >= 0.6 is 0 Å². The van der Waals surface area contributed by atoms with Crippen LogP contribution in [0, 0.1) is 18.7 Å². The van der Waals surface area contributed by atoms with E-state index in [1.807, 2.05) is 25.1 Å². The van der Waals surface area contributed by atoms with Crippen LogP contribution in [0.5, 0.6) is 0 Å². The van der Waals surface area contributed by atoms with E-state index in [-0.39, 0.29) is 5.82 Å². The van der Waals surface area contributed by atoms with Gasteiger partial charge in [0.1, 0.15) is 11.5 Å². The van der Waals surface area contributed by atoms with E-state index in [4.69, 9.17) is 4.98 Å². The molecule has 1 aliphatic rings. The zero-order chi connectivity index (χ0) is 18.1. The fourth-order valence-electron chi connectivity index (χ4n) is 3.60. The molecule has 3 aromatic rings. The van der Waals surface area contributed by atoms with Crippen LogP contribution < -0.4 is 4.90 Å². The van der Waals surface area contributed by atoms with Gasteiger partial charge in [-0.25, -0.2) is 19.3 Å². The van der Waals surface area contributed by atoms with Crippen molar-refractivity contribution in [1.29, 1.82) is 0 Å². The molecule has 0 radical (unpaired) electrons. The van der Waals surface area contributed by atoms with Crippen LogP contribution in [-0.2, 0) is 0 Å². The van der Waals surface area contributed by atoms with Crippen molar-refractivity contribution in [1.82, 2.24) is 15.0 Å². The lowest BCUT2D eigenvalue weighted by Gasteiger charge is -2.24. The van der Waals surface area contributed by atoms with E-state index in [1.54, 1.807) is 24.5 Å². The van der Waals surface area contributed by atoms with E-state index >= 15 is 0 Å². The van der Waals surface area contributed by atoms with E-state index < -0.39 is 0 Å². The third-order valence-electron chi connectivity index (χ3n) is 4.88. The highest BCUT2D eigenvalue weighted by molar-refractivity contribution is 5.83. The molecule has 1 fully saturated rings. The maximum absolute atomic E-state index is 14.6. The second-order valence-electron chi connectivity index (χ2n) is 6.88. The van der Waals surface area contributed by atoms with Crippen LogP contribution in [0.25, 0.3) is 22.6 Å². The Bertz CT molecular complexity index is 927. The Hall–Kier alpha value is -2.82. The Morgan fingerprint density at radius 1 is 1.12 bits per heavy atom. The van der Waals surface area contributed by atoms with Crippen LogP contribution in [-0.4, -0.2) is 28.0 Å². The van der Waals surface area contributed by atoms with Crippen molar-refractivity contribution < 1.29 is 4.39 Å². The van der Waals surface area contributed by atoms with Crippen molar-refractivity contribution in [3.63, 3.8) is 0 Å². The first-order valence-electron chi connectivity index (χ1n) is 8.92. The largest absolute Gasteiger partial charge is 0.371 e. The first kappa shape index (κ1) is 16.6. The summed E-state index contributed by atoms with van der Waals surface area (Å²) in [5.74, 6) is 0.979. The average molecular weight is 348 g/mol. The molecule has 0 N–H and O–H groups in total. The maximum atomic E-state index is 14.6. The van der Waals surface area contributed by atoms with Crippen LogP contribution in [0.4, 0.5) is 10.1 Å². The fraction of sp³-hybridized carbons (Fsp3) is 0.286. The second-order valence-corrected chi connectivity index (χ2v) is 6.88. The van der Waals surface area contributed by atoms with E-state index in [1.165, 1.54) is 6.07 Å². The molecule has 3 heterocycles. The smallest absolute Gasteiger partial charge is 0.178 e. The lowest BCUT2D eigenvalue weighted by atomic mass is 10.00. The van der Waals surface area contributed by atoms with Gasteiger partial charge in [-0.05, 0) is 37.5 Å². The number of hydrogen-bond donors (Lipinski definition) is 0. The summed E-state index contributed by atoms with van der Waals surface area (Å²) in [6.45, 7) is 6.09. The number of rotatable bonds is 3. The number of hydrogen-bond acceptors (Lipinski definition) is 4. The highest BCUT2D eigenvalue weighted by Crippen LogP contribution is 2.38. The minimum absolute atomic E-state index is 0.227. The average Bonchev–Trinajstić information content (AvgIpc) is 3.09. The number of pyridine rings is 1. The van der Waals surface area contributed by atoms with Crippen LogP contribution in [0.15, 0.2) is 48.8 Å². The highest BCUT2D eigenvalue weighted by Gasteiger charge is 2.25. The molecule has 0 amide bonds. The molecule has 0 bridgehead atoms. The molecular formula is C21H21FN4. The third kappa shape index (κ3) is 3.05. The monoisotopic (exact) mass is 348 g/mol. The van der Waals surface area contributed by atoms with Gasteiger partial charge in [0.25, 0.3) is 0 Å². The van der Waals surface area contributed by atoms with E-state index in [0.29, 0.717) is 17.3 Å². The van der Waals surface area contributed by atoms with Crippen LogP contribution in [0.1, 0.15) is 19.0 Å². The van der Waals surface area contributed by atoms with Crippen molar-refractivity contribution in [2.75, 3.05) is 18.0 Å². The minimum atomic E-state index is -0.227. The topological polar surface area (TPSA) is 41.9 Å². The quantitative estimate of drug-likeness (QED) is 0.699. The molecule has 1 atom stereocenters. The molecule has 26 heavy (non-hydrogen) atoms. The molecule has 1 aromatic carbocycles. The molecule has 0 saturated carbocycles. The van der Waals surface area contributed by atoms with Crippen molar-refractivity contribution in [2.24, 2.45) is 5.92 Å². The summed E-state index contributed by atoms with van der Waals surface area (Å²) in [5, 5.41) is 0. The summed E-state index contributed by atoms with van der Waals surface area (Å²) in [6.07, 6.45) is 4.55. The molecule has 5 heteroatoms. The fourth-order valence-corrected chi connectivity index (χ4v) is 3.60. The summed E-state index contributed by atoms with van der Waals surface area (Å²) < 4.78 is 14.6. The Morgan fingerprint density at radius 2 is 1.88 bits per heavy atom. The molecule has 132 valence electrons. The summed E-state index contributed by atoms with van der Waals surface area (Å²) in [4.78, 5) is 15.7. The summed E-state index contributed by atoms with van der Waals surface area (Å²) >= 11 is 0. The normalized spacial score (nSPS) is 16.9. The van der Waals surface area contributed by atoms with Crippen LogP contribution in [0.3, 0.4) is 0 Å². The van der Waals surface area contributed by atoms with Gasteiger partial charge in [-0.15, -0.1) is 0 Å². The zero-order valence-corrected chi connectivity index (χ0v) is 15.0. The number of nitrogens with zero attached hydrogens (tertiary/aromatic N) is 4. The molecule has 0 spiro atoms. The van der Waals surface area contributed by atoms with Crippen molar-refractivity contribution >= 4 is 5.69 Å². The standard InChI is InChI=1S/C21H21FN4/c1-14-8-11-26(13-14)19-12-18(21-23-9-5-10-24-21)25-15(2)20(19)16-6-3-4-7-17(16)22/h3-7,9-10,12,14H,8,11,13H2,1-2H3. The molecule has 1 unspecified atom stereocenters. The first-order valence-corrected chi connectivity index (χ1v) is 8.92. The second kappa shape index (κ2) is 6.83. The summed E-state index contributed by atoms with van der Waals surface area (Å²) in [6, 6.07) is 10.7. The minimum Gasteiger partial charge on any atom is -0.371 e. The predicted octanol–water partition coefficient (Wildman–Crippen LogP) is 4.50. The van der Waals surface area contributed by atoms with Crippen molar-refractivity contribution in [3.8, 4) is 22.6 Å². The number of anilines is 1. The van der Waals surface area contributed by atoms with Gasteiger partial charge in [-0.1, -0.05) is 25.1 Å². The summed E-state index contributed by atoms with van der Waals surface area (Å²) in [5.41, 5.74) is 3.96. The molecular weight excluding hydrogens is 327 g/mol. The van der Waals surface area contributed by atoms with Gasteiger partial charge in [-0.3, -0.25) is 0 Å². The highest BCUT2D eigenvalue weighted by atomic mass is 19.1. The van der Waals surface area contributed by atoms with Gasteiger partial charge in [-0.2, -0.15) is 0 Å². The molecule has 4 nitrogen and oxygen atoms in total.